The maximum absolute atomic E-state index is 14.4. The SMILES string of the molecule is CC[Si](CC)(CC)O[C@@H]([C@H](COC)NC(=O)OCc1ccccc1)[C@H](O[Si](CC)(CC)CC)C(=O)NCC[C@H](C)c1nc(C(=O)OC)co1. The molecule has 0 aliphatic heterocycles. The van der Waals surface area contributed by atoms with Crippen LogP contribution in [0.2, 0.25) is 36.3 Å². The predicted octanol–water partition coefficient (Wildman–Crippen LogP) is 6.79. The van der Waals surface area contributed by atoms with E-state index in [1.807, 2.05) is 37.3 Å². The monoisotopic (exact) mass is 721 g/mol. The molecule has 0 fully saturated rings. The number of oxazole rings is 1. The number of methoxy groups -OCH3 is 2. The van der Waals surface area contributed by atoms with Gasteiger partial charge in [0.2, 0.25) is 0 Å². The Morgan fingerprint density at radius 1 is 0.878 bits per heavy atom. The number of rotatable bonds is 23. The van der Waals surface area contributed by atoms with E-state index in [0.717, 1.165) is 41.8 Å². The van der Waals surface area contributed by atoms with Crippen molar-refractivity contribution in [2.75, 3.05) is 27.4 Å². The molecule has 2 rings (SSSR count). The molecule has 1 heterocycles. The van der Waals surface area contributed by atoms with Crippen LogP contribution in [0.25, 0.3) is 0 Å². The third-order valence-corrected chi connectivity index (χ3v) is 18.9. The smallest absolute Gasteiger partial charge is 0.407 e. The van der Waals surface area contributed by atoms with Gasteiger partial charge in [-0.2, -0.15) is 0 Å². The molecule has 1 aromatic heterocycles. The lowest BCUT2D eigenvalue weighted by Gasteiger charge is -2.43. The molecule has 0 spiro atoms. The quantitative estimate of drug-likeness (QED) is 0.0928. The maximum atomic E-state index is 14.4. The van der Waals surface area contributed by atoms with Gasteiger partial charge in [0, 0.05) is 19.6 Å². The highest BCUT2D eigenvalue weighted by Gasteiger charge is 2.46. The number of ether oxygens (including phenoxy) is 3. The highest BCUT2D eigenvalue weighted by molar-refractivity contribution is 6.74. The fourth-order valence-corrected chi connectivity index (χ4v) is 11.5. The van der Waals surface area contributed by atoms with Crippen molar-refractivity contribution in [1.82, 2.24) is 15.6 Å². The Hall–Kier alpha value is -3.05. The van der Waals surface area contributed by atoms with E-state index in [1.54, 1.807) is 7.11 Å². The zero-order valence-electron chi connectivity index (χ0n) is 31.0. The Morgan fingerprint density at radius 3 is 2.02 bits per heavy atom. The summed E-state index contributed by atoms with van der Waals surface area (Å²) in [6.45, 7) is 15.1. The molecular formula is C35H59N3O9Si2. The van der Waals surface area contributed by atoms with Crippen molar-refractivity contribution in [3.05, 3.63) is 53.7 Å². The number of benzene rings is 1. The molecule has 0 saturated heterocycles. The number of hydrogen-bond donors (Lipinski definition) is 2. The molecule has 1 aromatic carbocycles. The molecule has 2 amide bonds. The Labute approximate surface area is 294 Å². The van der Waals surface area contributed by atoms with Crippen LogP contribution in [0.5, 0.6) is 0 Å². The number of nitrogens with one attached hydrogen (secondary N) is 2. The van der Waals surface area contributed by atoms with Crippen LogP contribution in [0, 0.1) is 0 Å². The molecule has 0 aliphatic carbocycles. The second-order valence-electron chi connectivity index (χ2n) is 12.4. The number of carbonyl (C=O) groups is 3. The maximum Gasteiger partial charge on any atom is 0.407 e. The average molecular weight is 722 g/mol. The molecule has 14 heteroatoms. The third-order valence-electron chi connectivity index (χ3n) is 9.66. The molecule has 2 N–H and O–H groups in total. The first-order valence-corrected chi connectivity index (χ1v) is 22.7. The summed E-state index contributed by atoms with van der Waals surface area (Å²) < 4.78 is 35.6. The van der Waals surface area contributed by atoms with Crippen molar-refractivity contribution in [3.8, 4) is 0 Å². The van der Waals surface area contributed by atoms with Gasteiger partial charge in [-0.1, -0.05) is 78.8 Å². The summed E-state index contributed by atoms with van der Waals surface area (Å²) in [5.74, 6) is -0.714. The first-order chi connectivity index (χ1) is 23.5. The molecule has 0 bridgehead atoms. The van der Waals surface area contributed by atoms with E-state index >= 15 is 0 Å². The van der Waals surface area contributed by atoms with Gasteiger partial charge in [-0.05, 0) is 48.2 Å². The molecule has 49 heavy (non-hydrogen) atoms. The Balaban J connectivity index is 2.44. The van der Waals surface area contributed by atoms with E-state index in [9.17, 15) is 14.4 Å². The number of amides is 2. The van der Waals surface area contributed by atoms with Crippen LogP contribution in [0.3, 0.4) is 0 Å². The predicted molar refractivity (Wildman–Crippen MR) is 193 cm³/mol. The Kier molecular flexibility index (Phi) is 18.3. The van der Waals surface area contributed by atoms with E-state index < -0.39 is 46.9 Å². The largest absolute Gasteiger partial charge is 0.464 e. The van der Waals surface area contributed by atoms with Crippen LogP contribution in [0.15, 0.2) is 41.0 Å². The topological polar surface area (TPSA) is 147 Å². The average Bonchev–Trinajstić information content (AvgIpc) is 3.63. The minimum Gasteiger partial charge on any atom is -0.464 e. The number of alkyl carbamates (subject to hydrolysis) is 1. The second-order valence-corrected chi connectivity index (χ2v) is 21.9. The number of esters is 1. The summed E-state index contributed by atoms with van der Waals surface area (Å²) in [6, 6.07) is 13.7. The molecule has 0 unspecified atom stereocenters. The molecule has 12 nitrogen and oxygen atoms in total. The summed E-state index contributed by atoms with van der Waals surface area (Å²) >= 11 is 0. The number of nitrogens with zero attached hydrogens (tertiary/aromatic N) is 1. The van der Waals surface area contributed by atoms with Gasteiger partial charge in [0.1, 0.15) is 19.0 Å². The van der Waals surface area contributed by atoms with Crippen LogP contribution in [0.4, 0.5) is 4.79 Å². The standard InChI is InChI=1S/C35H59N3O9Si2/c1-10-48(11-2,12-3)46-30(28(24-42-8)38-35(41)45-23-27-19-17-16-18-20-27)31(47-49(13-4,14-5)15-6)32(39)36-22-21-26(7)33-37-29(25-44-33)34(40)43-9/h16-20,25-26,28,30-31H,10-15,21-24H2,1-9H3,(H,36,39)(H,38,41)/t26-,28-,30-,31-/m0/s1. The Bertz CT molecular complexity index is 1260. The highest BCUT2D eigenvalue weighted by Crippen LogP contribution is 2.31. The van der Waals surface area contributed by atoms with Crippen molar-refractivity contribution in [3.63, 3.8) is 0 Å². The summed E-state index contributed by atoms with van der Waals surface area (Å²) in [7, 11) is -1.91. The lowest BCUT2D eigenvalue weighted by molar-refractivity contribution is -0.134. The molecular weight excluding hydrogens is 663 g/mol. The van der Waals surface area contributed by atoms with Gasteiger partial charge in [-0.25, -0.2) is 14.6 Å². The van der Waals surface area contributed by atoms with Crippen molar-refractivity contribution in [1.29, 1.82) is 0 Å². The lowest BCUT2D eigenvalue weighted by atomic mass is 10.0. The second kappa shape index (κ2) is 21.2. The molecule has 276 valence electrons. The highest BCUT2D eigenvalue weighted by atomic mass is 28.4. The van der Waals surface area contributed by atoms with Gasteiger partial charge in [0.15, 0.2) is 34.3 Å². The molecule has 0 aliphatic rings. The van der Waals surface area contributed by atoms with Crippen LogP contribution in [0.1, 0.15) is 82.7 Å². The molecule has 2 aromatic rings. The first-order valence-electron chi connectivity index (χ1n) is 17.6. The van der Waals surface area contributed by atoms with Gasteiger partial charge >= 0.3 is 12.1 Å². The van der Waals surface area contributed by atoms with Gasteiger partial charge in [-0.3, -0.25) is 4.79 Å². The molecule has 0 saturated carbocycles. The minimum absolute atomic E-state index is 0.0858. The van der Waals surface area contributed by atoms with E-state index in [2.05, 4.69) is 57.2 Å². The lowest BCUT2D eigenvalue weighted by Crippen LogP contribution is -2.62. The molecule has 0 radical (unpaired) electrons. The summed E-state index contributed by atoms with van der Waals surface area (Å²) in [4.78, 5) is 43.7. The van der Waals surface area contributed by atoms with E-state index in [-0.39, 0.29) is 30.7 Å². The van der Waals surface area contributed by atoms with Crippen molar-refractivity contribution in [2.45, 2.75) is 122 Å². The fraction of sp³-hybridized carbons (Fsp3) is 0.657. The zero-order valence-corrected chi connectivity index (χ0v) is 33.0. The van der Waals surface area contributed by atoms with Crippen molar-refractivity contribution >= 4 is 34.6 Å². The van der Waals surface area contributed by atoms with Gasteiger partial charge in [0.25, 0.3) is 5.91 Å². The van der Waals surface area contributed by atoms with E-state index in [4.69, 9.17) is 27.5 Å². The summed E-state index contributed by atoms with van der Waals surface area (Å²) in [6.07, 6.45) is -0.719. The minimum atomic E-state index is -2.38. The van der Waals surface area contributed by atoms with Crippen LogP contribution >= 0.6 is 0 Å². The summed E-state index contributed by atoms with van der Waals surface area (Å²) in [5, 5.41) is 6.06. The van der Waals surface area contributed by atoms with Gasteiger partial charge < -0.3 is 38.1 Å². The van der Waals surface area contributed by atoms with Crippen LogP contribution < -0.4 is 10.6 Å². The zero-order chi connectivity index (χ0) is 36.5. The van der Waals surface area contributed by atoms with Gasteiger partial charge in [-0.15, -0.1) is 0 Å². The van der Waals surface area contributed by atoms with Gasteiger partial charge in [0.05, 0.1) is 19.8 Å². The number of hydrogen-bond acceptors (Lipinski definition) is 10. The fourth-order valence-electron chi connectivity index (χ4n) is 5.85. The number of carbonyl (C=O) groups excluding carboxylic acids is 3. The van der Waals surface area contributed by atoms with E-state index in [1.165, 1.54) is 13.4 Å². The van der Waals surface area contributed by atoms with E-state index in [0.29, 0.717) is 18.9 Å². The van der Waals surface area contributed by atoms with Crippen molar-refractivity contribution in [2.24, 2.45) is 0 Å². The Morgan fingerprint density at radius 2 is 1.47 bits per heavy atom. The van der Waals surface area contributed by atoms with Crippen LogP contribution in [-0.4, -0.2) is 85.2 Å². The van der Waals surface area contributed by atoms with Crippen LogP contribution in [-0.2, 0) is 34.5 Å². The molecule has 4 atom stereocenters. The third kappa shape index (κ3) is 12.3. The van der Waals surface area contributed by atoms with Crippen molar-refractivity contribution < 1.29 is 41.9 Å². The number of aromatic nitrogens is 1. The summed E-state index contributed by atoms with van der Waals surface area (Å²) in [5.41, 5.74) is 0.949. The first kappa shape index (κ1) is 42.1. The normalized spacial score (nSPS) is 14.4.